The van der Waals surface area contributed by atoms with Gasteiger partial charge < -0.3 is 18.5 Å². The van der Waals surface area contributed by atoms with Crippen molar-refractivity contribution in [2.45, 2.75) is 19.9 Å². The van der Waals surface area contributed by atoms with Gasteiger partial charge >= 0.3 is 6.08 Å². The van der Waals surface area contributed by atoms with E-state index in [-0.39, 0.29) is 6.08 Å². The number of hydrogen-bond donors (Lipinski definition) is 0. The van der Waals surface area contributed by atoms with Crippen molar-refractivity contribution in [3.05, 3.63) is 82.1 Å². The van der Waals surface area contributed by atoms with Gasteiger partial charge in [0.1, 0.15) is 12.4 Å². The van der Waals surface area contributed by atoms with Crippen LogP contribution < -0.4 is 9.47 Å². The third kappa shape index (κ3) is 3.96. The Morgan fingerprint density at radius 2 is 1.94 bits per heavy atom. The molecule has 0 saturated carbocycles. The number of nitrogens with zero attached hydrogens (tertiary/aromatic N) is 3. The maximum atomic E-state index is 5.82. The van der Waals surface area contributed by atoms with Crippen LogP contribution in [0.25, 0.3) is 22.1 Å². The fraction of sp³-hybridized carbons (Fsp3) is 0.200. The SMILES string of the molecule is COc1ccc2c(c1)c(Cc1ccc(Br)cc1)c(C)n2CCOc1nc2ncccc2o1. The van der Waals surface area contributed by atoms with Crippen molar-refractivity contribution in [1.29, 1.82) is 0 Å². The molecule has 0 amide bonds. The van der Waals surface area contributed by atoms with E-state index in [1.807, 2.05) is 18.2 Å². The quantitative estimate of drug-likeness (QED) is 0.282. The van der Waals surface area contributed by atoms with Crippen LogP contribution in [0.5, 0.6) is 11.8 Å². The van der Waals surface area contributed by atoms with E-state index >= 15 is 0 Å². The highest BCUT2D eigenvalue weighted by Gasteiger charge is 2.16. The van der Waals surface area contributed by atoms with E-state index in [2.05, 4.69) is 73.8 Å². The van der Waals surface area contributed by atoms with E-state index in [1.165, 1.54) is 22.2 Å². The Labute approximate surface area is 193 Å². The molecule has 0 aliphatic rings. The minimum atomic E-state index is 0.240. The standard InChI is InChI=1S/C25H22BrN3O3/c1-16-20(14-17-5-7-18(26)8-6-17)21-15-19(30-2)9-10-22(21)29(16)12-13-31-25-28-24-23(32-25)4-3-11-27-24/h3-11,15H,12-14H2,1-2H3. The van der Waals surface area contributed by atoms with E-state index in [0.717, 1.165) is 22.2 Å². The first-order valence-corrected chi connectivity index (χ1v) is 11.2. The third-order valence-electron chi connectivity index (χ3n) is 5.64. The Balaban J connectivity index is 1.43. The lowest BCUT2D eigenvalue weighted by atomic mass is 10.0. The van der Waals surface area contributed by atoms with Gasteiger partial charge in [-0.25, -0.2) is 4.98 Å². The molecule has 32 heavy (non-hydrogen) atoms. The van der Waals surface area contributed by atoms with Crippen LogP contribution in [0.3, 0.4) is 0 Å². The summed E-state index contributed by atoms with van der Waals surface area (Å²) in [5.41, 5.74) is 6.07. The normalized spacial score (nSPS) is 11.3. The molecule has 0 bridgehead atoms. The lowest BCUT2D eigenvalue weighted by molar-refractivity contribution is 0.226. The van der Waals surface area contributed by atoms with Gasteiger partial charge in [-0.15, -0.1) is 0 Å². The van der Waals surface area contributed by atoms with Crippen LogP contribution in [0, 0.1) is 6.92 Å². The number of pyridine rings is 1. The van der Waals surface area contributed by atoms with Crippen molar-refractivity contribution in [2.75, 3.05) is 13.7 Å². The number of halogens is 1. The number of fused-ring (bicyclic) bond motifs is 2. The maximum Gasteiger partial charge on any atom is 0.396 e. The number of oxazole rings is 1. The molecule has 5 aromatic rings. The van der Waals surface area contributed by atoms with Gasteiger partial charge in [-0.05, 0) is 66.9 Å². The van der Waals surface area contributed by atoms with E-state index < -0.39 is 0 Å². The Kier molecular flexibility index (Phi) is 5.57. The Hall–Kier alpha value is -3.32. The minimum absolute atomic E-state index is 0.240. The maximum absolute atomic E-state index is 5.82. The average molecular weight is 492 g/mol. The van der Waals surface area contributed by atoms with E-state index in [1.54, 1.807) is 13.3 Å². The monoisotopic (exact) mass is 491 g/mol. The molecular formula is C25H22BrN3O3. The zero-order valence-electron chi connectivity index (χ0n) is 17.8. The molecule has 3 aromatic heterocycles. The second-order valence-corrected chi connectivity index (χ2v) is 8.47. The van der Waals surface area contributed by atoms with Gasteiger partial charge in [0, 0.05) is 27.3 Å². The van der Waals surface area contributed by atoms with Gasteiger partial charge in [0.25, 0.3) is 0 Å². The molecule has 0 N–H and O–H groups in total. The van der Waals surface area contributed by atoms with Crippen LogP contribution in [0.1, 0.15) is 16.8 Å². The predicted molar refractivity (Wildman–Crippen MR) is 127 cm³/mol. The van der Waals surface area contributed by atoms with Crippen LogP contribution in [0.2, 0.25) is 0 Å². The lowest BCUT2D eigenvalue weighted by Crippen LogP contribution is -2.10. The number of methoxy groups -OCH3 is 1. The van der Waals surface area contributed by atoms with Crippen LogP contribution in [-0.2, 0) is 13.0 Å². The van der Waals surface area contributed by atoms with E-state index in [4.69, 9.17) is 13.9 Å². The summed E-state index contributed by atoms with van der Waals surface area (Å²) in [5.74, 6) is 0.849. The first-order chi connectivity index (χ1) is 15.6. The molecule has 5 rings (SSSR count). The van der Waals surface area contributed by atoms with Crippen LogP contribution in [0.15, 0.2) is 69.7 Å². The van der Waals surface area contributed by atoms with Gasteiger partial charge in [-0.1, -0.05) is 28.1 Å². The summed E-state index contributed by atoms with van der Waals surface area (Å²) >= 11 is 3.52. The molecule has 162 valence electrons. The van der Waals surface area contributed by atoms with Crippen molar-refractivity contribution in [3.63, 3.8) is 0 Å². The zero-order chi connectivity index (χ0) is 22.1. The summed E-state index contributed by atoms with van der Waals surface area (Å²) in [6.07, 6.45) is 2.77. The van der Waals surface area contributed by atoms with Crippen molar-refractivity contribution < 1.29 is 13.9 Å². The fourth-order valence-corrected chi connectivity index (χ4v) is 4.27. The molecule has 0 atom stereocenters. The van der Waals surface area contributed by atoms with Gasteiger partial charge in [0.15, 0.2) is 5.58 Å². The second-order valence-electron chi connectivity index (χ2n) is 7.56. The topological polar surface area (TPSA) is 62.3 Å². The van der Waals surface area contributed by atoms with Crippen LogP contribution in [-0.4, -0.2) is 28.3 Å². The molecule has 0 radical (unpaired) electrons. The summed E-state index contributed by atoms with van der Waals surface area (Å²) in [5, 5.41) is 1.19. The Bertz CT molecular complexity index is 1360. The highest BCUT2D eigenvalue weighted by atomic mass is 79.9. The van der Waals surface area contributed by atoms with Gasteiger partial charge in [-0.3, -0.25) is 0 Å². The summed E-state index contributed by atoms with van der Waals surface area (Å²) in [7, 11) is 1.70. The number of benzene rings is 2. The van der Waals surface area contributed by atoms with E-state index in [0.29, 0.717) is 24.4 Å². The lowest BCUT2D eigenvalue weighted by Gasteiger charge is -2.09. The van der Waals surface area contributed by atoms with E-state index in [9.17, 15) is 0 Å². The number of aromatic nitrogens is 3. The zero-order valence-corrected chi connectivity index (χ0v) is 19.4. The van der Waals surface area contributed by atoms with Crippen molar-refractivity contribution in [1.82, 2.24) is 14.5 Å². The highest BCUT2D eigenvalue weighted by molar-refractivity contribution is 9.10. The van der Waals surface area contributed by atoms with Gasteiger partial charge in [0.2, 0.25) is 5.65 Å². The van der Waals surface area contributed by atoms with Crippen LogP contribution in [0.4, 0.5) is 0 Å². The molecule has 0 unspecified atom stereocenters. The van der Waals surface area contributed by atoms with Gasteiger partial charge in [-0.2, -0.15) is 4.98 Å². The molecule has 2 aromatic carbocycles. The third-order valence-corrected chi connectivity index (χ3v) is 6.17. The molecule has 0 aliphatic heterocycles. The second kappa shape index (κ2) is 8.67. The molecule has 0 fully saturated rings. The molecule has 6 nitrogen and oxygen atoms in total. The largest absolute Gasteiger partial charge is 0.497 e. The Morgan fingerprint density at radius 3 is 2.72 bits per heavy atom. The Morgan fingerprint density at radius 1 is 1.09 bits per heavy atom. The average Bonchev–Trinajstić information content (AvgIpc) is 3.34. The highest BCUT2D eigenvalue weighted by Crippen LogP contribution is 2.31. The van der Waals surface area contributed by atoms with Gasteiger partial charge in [0.05, 0.1) is 13.7 Å². The predicted octanol–water partition coefficient (Wildman–Crippen LogP) is 5.93. The molecule has 3 heterocycles. The van der Waals surface area contributed by atoms with Crippen molar-refractivity contribution in [2.24, 2.45) is 0 Å². The fourth-order valence-electron chi connectivity index (χ4n) is 4.01. The first kappa shape index (κ1) is 20.6. The van der Waals surface area contributed by atoms with Crippen molar-refractivity contribution >= 4 is 38.1 Å². The number of rotatable bonds is 7. The summed E-state index contributed by atoms with van der Waals surface area (Å²) in [4.78, 5) is 8.47. The molecule has 0 spiro atoms. The molecule has 0 aliphatic carbocycles. The smallest absolute Gasteiger partial charge is 0.396 e. The molecular weight excluding hydrogens is 470 g/mol. The van der Waals surface area contributed by atoms with Crippen molar-refractivity contribution in [3.8, 4) is 11.8 Å². The number of ether oxygens (including phenoxy) is 2. The molecule has 0 saturated heterocycles. The number of hydrogen-bond acceptors (Lipinski definition) is 5. The summed E-state index contributed by atoms with van der Waals surface area (Å²) in [6, 6.07) is 18.3. The molecule has 7 heteroatoms. The minimum Gasteiger partial charge on any atom is -0.497 e. The first-order valence-electron chi connectivity index (χ1n) is 10.4. The summed E-state index contributed by atoms with van der Waals surface area (Å²) in [6.45, 7) is 3.26. The van der Waals surface area contributed by atoms with Crippen LogP contribution >= 0.6 is 15.9 Å². The summed E-state index contributed by atoms with van der Waals surface area (Å²) < 4.78 is 20.3.